The first-order valence-electron chi connectivity index (χ1n) is 2.06. The third kappa shape index (κ3) is 15.7. The van der Waals surface area contributed by atoms with E-state index in [9.17, 15) is 9.59 Å². The largest absolute Gasteiger partial charge is 0.481 e. The van der Waals surface area contributed by atoms with E-state index in [2.05, 4.69) is 0 Å². The van der Waals surface area contributed by atoms with Crippen LogP contribution in [0.1, 0.15) is 12.8 Å². The normalized spacial score (nSPS) is 6.80. The maximum absolute atomic E-state index is 9.64. The molecule has 0 rings (SSSR count). The van der Waals surface area contributed by atoms with E-state index >= 15 is 0 Å². The van der Waals surface area contributed by atoms with Crippen LogP contribution in [0.2, 0.25) is 0 Å². The molecule has 2 N–H and O–H groups in total. The first kappa shape index (κ1) is 16.4. The zero-order chi connectivity index (χ0) is 6.57. The number of rotatable bonds is 3. The van der Waals surface area contributed by atoms with E-state index in [-0.39, 0.29) is 32.6 Å². The zero-order valence-corrected chi connectivity index (χ0v) is 8.37. The monoisotopic (exact) mass is 186 g/mol. The Morgan fingerprint density at radius 2 is 1.10 bits per heavy atom. The third-order valence-corrected chi connectivity index (χ3v) is 0.553. The number of hydrogen-bond donors (Lipinski definition) is 2. The van der Waals surface area contributed by atoms with Crippen LogP contribution in [0.15, 0.2) is 0 Å². The van der Waals surface area contributed by atoms with Crippen LogP contribution < -0.4 is 0 Å². The Morgan fingerprint density at radius 1 is 0.900 bits per heavy atom. The first-order valence-corrected chi connectivity index (χ1v) is 2.06. The molecule has 4 nitrogen and oxygen atoms in total. The van der Waals surface area contributed by atoms with Crippen molar-refractivity contribution in [3.8, 4) is 0 Å². The molecule has 0 aromatic carbocycles. The maximum atomic E-state index is 9.64. The topological polar surface area (TPSA) is 74.6 Å². The second-order valence-corrected chi connectivity index (χ2v) is 1.29. The van der Waals surface area contributed by atoms with Crippen molar-refractivity contribution in [3.05, 3.63) is 0 Å². The molecule has 0 saturated heterocycles. The summed E-state index contributed by atoms with van der Waals surface area (Å²) in [5.41, 5.74) is 0. The summed E-state index contributed by atoms with van der Waals surface area (Å²) in [6.07, 6.45) is -0.593. The van der Waals surface area contributed by atoms with Gasteiger partial charge in [0.1, 0.15) is 0 Å². The maximum Gasteiger partial charge on any atom is 0.303 e. The predicted octanol–water partition coefficient (Wildman–Crippen LogP) is 0.0520. The number of hydrogen-bond acceptors (Lipinski definition) is 2. The SMILES string of the molecule is O=C(O)CCC(=O)O.P.P. The van der Waals surface area contributed by atoms with Crippen molar-refractivity contribution in [1.29, 1.82) is 0 Å². The van der Waals surface area contributed by atoms with Crippen molar-refractivity contribution < 1.29 is 19.8 Å². The average molecular weight is 186 g/mol. The van der Waals surface area contributed by atoms with Crippen molar-refractivity contribution in [2.24, 2.45) is 0 Å². The molecule has 0 fully saturated rings. The van der Waals surface area contributed by atoms with Crippen LogP contribution in [0, 0.1) is 0 Å². The van der Waals surface area contributed by atoms with Gasteiger partial charge in [-0.25, -0.2) is 0 Å². The van der Waals surface area contributed by atoms with Crippen molar-refractivity contribution in [1.82, 2.24) is 0 Å². The molecule has 2 unspecified atom stereocenters. The minimum atomic E-state index is -1.08. The second-order valence-electron chi connectivity index (χ2n) is 1.29. The van der Waals surface area contributed by atoms with E-state index in [4.69, 9.17) is 10.2 Å². The number of carboxylic acids is 2. The fraction of sp³-hybridized carbons (Fsp3) is 0.500. The minimum absolute atomic E-state index is 0. The van der Waals surface area contributed by atoms with Gasteiger partial charge in [0.05, 0.1) is 12.8 Å². The molecule has 0 saturated carbocycles. The molecule has 0 heterocycles. The molecule has 0 aliphatic rings. The van der Waals surface area contributed by atoms with Gasteiger partial charge < -0.3 is 10.2 Å². The van der Waals surface area contributed by atoms with Gasteiger partial charge in [-0.3, -0.25) is 9.59 Å². The van der Waals surface area contributed by atoms with E-state index < -0.39 is 11.9 Å². The lowest BCUT2D eigenvalue weighted by Crippen LogP contribution is -2.00. The Bertz CT molecular complexity index is 99.8. The van der Waals surface area contributed by atoms with Crippen LogP contribution in [-0.4, -0.2) is 22.2 Å². The van der Waals surface area contributed by atoms with E-state index in [1.807, 2.05) is 0 Å². The molecule has 0 aromatic heterocycles. The lowest BCUT2D eigenvalue weighted by molar-refractivity contribution is -0.143. The molecular weight excluding hydrogens is 174 g/mol. The molecule has 0 bridgehead atoms. The molecule has 0 radical (unpaired) electrons. The van der Waals surface area contributed by atoms with Gasteiger partial charge in [0.25, 0.3) is 0 Å². The number of carboxylic acid groups (broad SMARTS) is 2. The number of aliphatic carboxylic acids is 2. The standard InChI is InChI=1S/C4H6O4.2H3P/c5-3(6)1-2-4(7)8;;/h1-2H2,(H,5,6)(H,7,8);2*1H3. The van der Waals surface area contributed by atoms with E-state index in [0.29, 0.717) is 0 Å². The summed E-state index contributed by atoms with van der Waals surface area (Å²) in [7, 11) is 0. The van der Waals surface area contributed by atoms with E-state index in [1.54, 1.807) is 0 Å². The average Bonchev–Trinajstić information content (AvgIpc) is 1.61. The van der Waals surface area contributed by atoms with Gasteiger partial charge in [-0.15, -0.1) is 0 Å². The van der Waals surface area contributed by atoms with Crippen molar-refractivity contribution in [3.63, 3.8) is 0 Å². The summed E-state index contributed by atoms with van der Waals surface area (Å²) in [6, 6.07) is 0. The van der Waals surface area contributed by atoms with Crippen LogP contribution in [-0.2, 0) is 9.59 Å². The second kappa shape index (κ2) is 8.80. The summed E-state index contributed by atoms with van der Waals surface area (Å²) in [6.45, 7) is 0. The summed E-state index contributed by atoms with van der Waals surface area (Å²) in [5.74, 6) is -2.15. The van der Waals surface area contributed by atoms with Crippen molar-refractivity contribution in [2.45, 2.75) is 12.8 Å². The van der Waals surface area contributed by atoms with Crippen molar-refractivity contribution in [2.75, 3.05) is 0 Å². The van der Waals surface area contributed by atoms with Gasteiger partial charge in [-0.2, -0.15) is 19.8 Å². The zero-order valence-electron chi connectivity index (χ0n) is 5.54. The molecule has 0 aliphatic carbocycles. The van der Waals surface area contributed by atoms with Gasteiger partial charge in [-0.05, 0) is 0 Å². The molecule has 0 spiro atoms. The lowest BCUT2D eigenvalue weighted by atomic mass is 10.3. The molecular formula is C4H12O4P2. The highest BCUT2D eigenvalue weighted by Gasteiger charge is 2.00. The molecule has 62 valence electrons. The van der Waals surface area contributed by atoms with Gasteiger partial charge in [0, 0.05) is 0 Å². The van der Waals surface area contributed by atoms with Crippen LogP contribution in [0.4, 0.5) is 0 Å². The van der Waals surface area contributed by atoms with Crippen LogP contribution in [0.5, 0.6) is 0 Å². The third-order valence-electron chi connectivity index (χ3n) is 0.553. The molecule has 0 amide bonds. The molecule has 0 aromatic rings. The van der Waals surface area contributed by atoms with Gasteiger partial charge >= 0.3 is 11.9 Å². The van der Waals surface area contributed by atoms with Crippen molar-refractivity contribution >= 4 is 31.7 Å². The highest BCUT2D eigenvalue weighted by atomic mass is 31.0. The quantitative estimate of drug-likeness (QED) is 0.610. The summed E-state index contributed by atoms with van der Waals surface area (Å²) in [4.78, 5) is 19.3. The van der Waals surface area contributed by atoms with Gasteiger partial charge in [-0.1, -0.05) is 0 Å². The Hall–Kier alpha value is -0.200. The molecule has 10 heavy (non-hydrogen) atoms. The molecule has 2 atom stereocenters. The summed E-state index contributed by atoms with van der Waals surface area (Å²) in [5, 5.41) is 15.8. The van der Waals surface area contributed by atoms with Gasteiger partial charge in [0.15, 0.2) is 0 Å². The fourth-order valence-electron chi connectivity index (χ4n) is 0.214. The van der Waals surface area contributed by atoms with Gasteiger partial charge in [0.2, 0.25) is 0 Å². The Labute approximate surface area is 65.2 Å². The number of carbonyl (C=O) groups is 2. The molecule has 6 heteroatoms. The fourth-order valence-corrected chi connectivity index (χ4v) is 0.214. The Kier molecular flexibility index (Phi) is 14.4. The first-order chi connectivity index (χ1) is 3.63. The van der Waals surface area contributed by atoms with Crippen LogP contribution in [0.3, 0.4) is 0 Å². The smallest absolute Gasteiger partial charge is 0.303 e. The molecule has 0 aliphatic heterocycles. The highest BCUT2D eigenvalue weighted by molar-refractivity contribution is 6.92. The summed E-state index contributed by atoms with van der Waals surface area (Å²) >= 11 is 0. The van der Waals surface area contributed by atoms with E-state index in [1.165, 1.54) is 0 Å². The van der Waals surface area contributed by atoms with Crippen LogP contribution in [0.25, 0.3) is 0 Å². The predicted molar refractivity (Wildman–Crippen MR) is 46.7 cm³/mol. The van der Waals surface area contributed by atoms with Crippen LogP contribution >= 0.6 is 19.8 Å². The summed E-state index contributed by atoms with van der Waals surface area (Å²) < 4.78 is 0. The lowest BCUT2D eigenvalue weighted by Gasteiger charge is -1.85. The van der Waals surface area contributed by atoms with E-state index in [0.717, 1.165) is 0 Å². The minimum Gasteiger partial charge on any atom is -0.481 e. The highest BCUT2D eigenvalue weighted by Crippen LogP contribution is 1.85. The Balaban J connectivity index is -0.000000245. The Morgan fingerprint density at radius 3 is 1.20 bits per heavy atom.